The zero-order chi connectivity index (χ0) is 12.4. The minimum atomic E-state index is -1.08. The first-order chi connectivity index (χ1) is 7.61. The predicted molar refractivity (Wildman–Crippen MR) is 57.8 cm³/mol. The van der Waals surface area contributed by atoms with Crippen molar-refractivity contribution >= 4 is 11.9 Å². The highest BCUT2D eigenvalue weighted by Crippen LogP contribution is 1.92. The van der Waals surface area contributed by atoms with Gasteiger partial charge in [-0.2, -0.15) is 0 Å². The van der Waals surface area contributed by atoms with Crippen LogP contribution < -0.4 is 10.6 Å². The van der Waals surface area contributed by atoms with E-state index in [-0.39, 0.29) is 26.1 Å². The number of ether oxygens (including phenoxy) is 1. The fourth-order valence-electron chi connectivity index (χ4n) is 0.987. The van der Waals surface area contributed by atoms with Gasteiger partial charge in [-0.05, 0) is 0 Å². The second kappa shape index (κ2) is 8.71. The Balaban J connectivity index is 3.94. The Bertz CT molecular complexity index is 272. The first-order valence-electron chi connectivity index (χ1n) is 4.77. The van der Waals surface area contributed by atoms with Gasteiger partial charge in [0.2, 0.25) is 5.91 Å². The summed E-state index contributed by atoms with van der Waals surface area (Å²) in [7, 11) is 1.47. The summed E-state index contributed by atoms with van der Waals surface area (Å²) in [6.45, 7) is 0.541. The number of terminal acetylenes is 1. The van der Waals surface area contributed by atoms with E-state index in [0.29, 0.717) is 0 Å². The number of hydrogen-bond acceptors (Lipinski definition) is 4. The molecule has 1 unspecified atom stereocenters. The smallest absolute Gasteiger partial charge is 0.326 e. The Morgan fingerprint density at radius 2 is 2.25 bits per heavy atom. The lowest BCUT2D eigenvalue weighted by molar-refractivity contribution is -0.142. The van der Waals surface area contributed by atoms with Crippen LogP contribution in [0, 0.1) is 12.3 Å². The number of nitrogens with one attached hydrogen (secondary N) is 2. The number of aliphatic carboxylic acids is 1. The van der Waals surface area contributed by atoms with E-state index >= 15 is 0 Å². The standard InChI is InChI=1S/C10H16N2O4/c1-3-5-11-7-9(13)12-8(10(14)15)4-6-16-2/h1,8,11H,4-7H2,2H3,(H,12,13)(H,14,15). The number of methoxy groups -OCH3 is 1. The van der Waals surface area contributed by atoms with Gasteiger partial charge in [-0.25, -0.2) is 4.79 Å². The summed E-state index contributed by atoms with van der Waals surface area (Å²) < 4.78 is 4.75. The summed E-state index contributed by atoms with van der Waals surface area (Å²) in [6, 6.07) is -0.930. The molecule has 16 heavy (non-hydrogen) atoms. The molecule has 3 N–H and O–H groups in total. The van der Waals surface area contributed by atoms with Crippen molar-refractivity contribution in [1.29, 1.82) is 0 Å². The van der Waals surface area contributed by atoms with Crippen LogP contribution in [0.3, 0.4) is 0 Å². The SMILES string of the molecule is C#CCNCC(=O)NC(CCOC)C(=O)O. The molecule has 0 fully saturated rings. The maximum absolute atomic E-state index is 11.2. The quantitative estimate of drug-likeness (QED) is 0.359. The van der Waals surface area contributed by atoms with E-state index in [1.165, 1.54) is 7.11 Å². The number of carboxylic acids is 1. The van der Waals surface area contributed by atoms with Gasteiger partial charge in [0, 0.05) is 20.1 Å². The Hall–Kier alpha value is -1.58. The molecule has 0 aliphatic rings. The molecule has 1 atom stereocenters. The van der Waals surface area contributed by atoms with E-state index in [9.17, 15) is 9.59 Å². The lowest BCUT2D eigenvalue weighted by Gasteiger charge is -2.13. The Kier molecular flexibility index (Phi) is 7.85. The minimum absolute atomic E-state index is 0.000955. The third-order valence-corrected chi connectivity index (χ3v) is 1.76. The van der Waals surface area contributed by atoms with Gasteiger partial charge in [-0.3, -0.25) is 10.1 Å². The second-order valence-corrected chi connectivity index (χ2v) is 3.05. The maximum Gasteiger partial charge on any atom is 0.326 e. The van der Waals surface area contributed by atoms with Crippen LogP contribution in [0.15, 0.2) is 0 Å². The summed E-state index contributed by atoms with van der Waals surface area (Å²) in [6.07, 6.45) is 5.20. The monoisotopic (exact) mass is 228 g/mol. The molecule has 0 bridgehead atoms. The molecule has 0 aliphatic heterocycles. The zero-order valence-electron chi connectivity index (χ0n) is 9.16. The van der Waals surface area contributed by atoms with Crippen molar-refractivity contribution in [1.82, 2.24) is 10.6 Å². The summed E-state index contributed by atoms with van der Waals surface area (Å²) in [5.41, 5.74) is 0. The molecule has 1 amide bonds. The number of hydrogen-bond donors (Lipinski definition) is 3. The van der Waals surface area contributed by atoms with Crippen molar-refractivity contribution in [3.8, 4) is 12.3 Å². The van der Waals surface area contributed by atoms with Crippen LogP contribution in [0.25, 0.3) is 0 Å². The van der Waals surface area contributed by atoms with Crippen LogP contribution in [0.4, 0.5) is 0 Å². The molecule has 0 aromatic carbocycles. The van der Waals surface area contributed by atoms with Crippen molar-refractivity contribution in [2.24, 2.45) is 0 Å². The van der Waals surface area contributed by atoms with Gasteiger partial charge in [-0.15, -0.1) is 6.42 Å². The summed E-state index contributed by atoms with van der Waals surface area (Å²) in [4.78, 5) is 22.0. The minimum Gasteiger partial charge on any atom is -0.480 e. The molecule has 6 heteroatoms. The normalized spacial score (nSPS) is 11.5. The van der Waals surface area contributed by atoms with Gasteiger partial charge in [0.15, 0.2) is 0 Å². The fraction of sp³-hybridized carbons (Fsp3) is 0.600. The molecule has 0 saturated carbocycles. The van der Waals surface area contributed by atoms with Crippen molar-refractivity contribution in [3.63, 3.8) is 0 Å². The van der Waals surface area contributed by atoms with Gasteiger partial charge in [0.05, 0.1) is 13.1 Å². The van der Waals surface area contributed by atoms with E-state index in [1.807, 2.05) is 0 Å². The van der Waals surface area contributed by atoms with Crippen LogP contribution in [-0.4, -0.2) is 49.8 Å². The van der Waals surface area contributed by atoms with Crippen LogP contribution in [0.2, 0.25) is 0 Å². The van der Waals surface area contributed by atoms with Crippen LogP contribution in [0.5, 0.6) is 0 Å². The summed E-state index contributed by atoms with van der Waals surface area (Å²) in [5, 5.41) is 13.8. The molecule has 0 rings (SSSR count). The van der Waals surface area contributed by atoms with Gasteiger partial charge >= 0.3 is 5.97 Å². The zero-order valence-corrected chi connectivity index (χ0v) is 9.16. The van der Waals surface area contributed by atoms with E-state index in [1.54, 1.807) is 0 Å². The predicted octanol–water partition coefficient (Wildman–Crippen LogP) is -1.18. The van der Waals surface area contributed by atoms with Gasteiger partial charge in [-0.1, -0.05) is 5.92 Å². The third-order valence-electron chi connectivity index (χ3n) is 1.76. The average molecular weight is 228 g/mol. The summed E-state index contributed by atoms with van der Waals surface area (Å²) >= 11 is 0. The maximum atomic E-state index is 11.2. The van der Waals surface area contributed by atoms with E-state index in [0.717, 1.165) is 0 Å². The Morgan fingerprint density at radius 3 is 2.75 bits per heavy atom. The van der Waals surface area contributed by atoms with E-state index < -0.39 is 17.9 Å². The highest BCUT2D eigenvalue weighted by atomic mass is 16.5. The number of carboxylic acid groups (broad SMARTS) is 1. The van der Waals surface area contributed by atoms with E-state index in [4.69, 9.17) is 16.3 Å². The second-order valence-electron chi connectivity index (χ2n) is 3.05. The number of carbonyl (C=O) groups is 2. The van der Waals surface area contributed by atoms with Crippen molar-refractivity contribution in [2.45, 2.75) is 12.5 Å². The molecule has 0 radical (unpaired) electrons. The average Bonchev–Trinajstić information content (AvgIpc) is 2.24. The molecule has 0 spiro atoms. The lowest BCUT2D eigenvalue weighted by Crippen LogP contribution is -2.45. The van der Waals surface area contributed by atoms with Crippen molar-refractivity contribution in [2.75, 3.05) is 26.8 Å². The topological polar surface area (TPSA) is 87.7 Å². The highest BCUT2D eigenvalue weighted by Gasteiger charge is 2.18. The fourth-order valence-corrected chi connectivity index (χ4v) is 0.987. The molecule has 0 saturated heterocycles. The molecule has 90 valence electrons. The first-order valence-corrected chi connectivity index (χ1v) is 4.77. The van der Waals surface area contributed by atoms with Gasteiger partial charge in [0.25, 0.3) is 0 Å². The number of rotatable bonds is 8. The largest absolute Gasteiger partial charge is 0.480 e. The number of carbonyl (C=O) groups excluding carboxylic acids is 1. The molecule has 0 heterocycles. The van der Waals surface area contributed by atoms with Crippen molar-refractivity contribution in [3.05, 3.63) is 0 Å². The molecule has 0 aromatic heterocycles. The van der Waals surface area contributed by atoms with Crippen molar-refractivity contribution < 1.29 is 19.4 Å². The molecule has 0 aromatic rings. The molecule has 0 aliphatic carbocycles. The number of amides is 1. The lowest BCUT2D eigenvalue weighted by atomic mass is 10.2. The Morgan fingerprint density at radius 1 is 1.56 bits per heavy atom. The molecular formula is C10H16N2O4. The van der Waals surface area contributed by atoms with Crippen LogP contribution in [0.1, 0.15) is 6.42 Å². The first kappa shape index (κ1) is 14.4. The van der Waals surface area contributed by atoms with Gasteiger partial charge in [0.1, 0.15) is 6.04 Å². The van der Waals surface area contributed by atoms with E-state index in [2.05, 4.69) is 16.6 Å². The summed E-state index contributed by atoms with van der Waals surface area (Å²) in [5.74, 6) is 0.821. The molecular weight excluding hydrogens is 212 g/mol. The molecule has 6 nitrogen and oxygen atoms in total. The Labute approximate surface area is 94.4 Å². The van der Waals surface area contributed by atoms with Crippen LogP contribution >= 0.6 is 0 Å². The highest BCUT2D eigenvalue weighted by molar-refractivity contribution is 5.84. The van der Waals surface area contributed by atoms with Crippen LogP contribution in [-0.2, 0) is 14.3 Å². The third kappa shape index (κ3) is 6.81. The van der Waals surface area contributed by atoms with Gasteiger partial charge < -0.3 is 15.2 Å².